The van der Waals surface area contributed by atoms with Crippen LogP contribution in [0.25, 0.3) is 17.0 Å². The second-order valence-corrected chi connectivity index (χ2v) is 14.1. The van der Waals surface area contributed by atoms with Crippen molar-refractivity contribution in [1.29, 1.82) is 0 Å². The van der Waals surface area contributed by atoms with E-state index < -0.39 is 10.0 Å². The van der Waals surface area contributed by atoms with Crippen LogP contribution >= 0.6 is 0 Å². The molecule has 0 aliphatic carbocycles. The number of nitrogens with zero attached hydrogens (tertiary/aromatic N) is 1. The molecular formula is C40H53NO4S. The minimum Gasteiger partial charge on any atom is -0.497 e. The molecule has 0 saturated heterocycles. The Labute approximate surface area is 277 Å². The molecule has 1 aromatic heterocycles. The molecular weight excluding hydrogens is 591 g/mol. The Hall–Kier alpha value is -3.35. The van der Waals surface area contributed by atoms with Gasteiger partial charge in [-0.05, 0) is 55.2 Å². The van der Waals surface area contributed by atoms with Gasteiger partial charge in [-0.3, -0.25) is 0 Å². The molecule has 0 aliphatic rings. The number of para-hydroxylation sites is 1. The number of allylic oxidation sites excluding steroid dienone is 1. The molecule has 0 spiro atoms. The molecule has 46 heavy (non-hydrogen) atoms. The third-order valence-electron chi connectivity index (χ3n) is 8.64. The summed E-state index contributed by atoms with van der Waals surface area (Å²) in [5, 5.41) is 0.941. The summed E-state index contributed by atoms with van der Waals surface area (Å²) < 4.78 is 39.2. The standard InChI is InChI=1S/C40H53NO4S/c1-44-37-28-30-38(31-29-37)46(42,43)41-33-36(39-26-20-21-27-40(39)41)25-19-14-12-10-8-6-4-2-3-5-7-9-11-13-15-22-32-45-34-35-23-17-16-18-24-35/h16-21,23-31,33H,2-15,22,32,34H2,1H3/b25-19-. The average Bonchev–Trinajstić information content (AvgIpc) is 3.47. The summed E-state index contributed by atoms with van der Waals surface area (Å²) in [4.78, 5) is 0.243. The summed E-state index contributed by atoms with van der Waals surface area (Å²) in [5.74, 6) is 0.629. The number of unbranched alkanes of at least 4 members (excludes halogenated alkanes) is 14. The van der Waals surface area contributed by atoms with Crippen molar-refractivity contribution in [2.75, 3.05) is 13.7 Å². The highest BCUT2D eigenvalue weighted by Crippen LogP contribution is 2.28. The fourth-order valence-electron chi connectivity index (χ4n) is 5.93. The van der Waals surface area contributed by atoms with E-state index in [4.69, 9.17) is 9.47 Å². The van der Waals surface area contributed by atoms with Crippen LogP contribution < -0.4 is 4.74 Å². The maximum absolute atomic E-state index is 13.4. The Morgan fingerprint density at radius 2 is 1.22 bits per heavy atom. The van der Waals surface area contributed by atoms with E-state index in [1.165, 1.54) is 99.4 Å². The van der Waals surface area contributed by atoms with E-state index in [-0.39, 0.29) is 4.90 Å². The van der Waals surface area contributed by atoms with Crippen molar-refractivity contribution in [3.05, 3.63) is 102 Å². The first-order valence-corrected chi connectivity index (χ1v) is 18.8. The van der Waals surface area contributed by atoms with Crippen LogP contribution in [0, 0.1) is 0 Å². The molecule has 0 fully saturated rings. The largest absolute Gasteiger partial charge is 0.497 e. The predicted molar refractivity (Wildman–Crippen MR) is 192 cm³/mol. The van der Waals surface area contributed by atoms with Crippen molar-refractivity contribution in [2.24, 2.45) is 0 Å². The number of rotatable bonds is 23. The summed E-state index contributed by atoms with van der Waals surface area (Å²) in [6.45, 7) is 1.61. The number of methoxy groups -OCH3 is 1. The lowest BCUT2D eigenvalue weighted by molar-refractivity contribution is 0.116. The van der Waals surface area contributed by atoms with Gasteiger partial charge in [-0.25, -0.2) is 12.4 Å². The molecule has 4 rings (SSSR count). The number of hydrogen-bond donors (Lipinski definition) is 0. The van der Waals surface area contributed by atoms with Gasteiger partial charge in [0.05, 0.1) is 24.1 Å². The zero-order valence-corrected chi connectivity index (χ0v) is 28.6. The van der Waals surface area contributed by atoms with Crippen LogP contribution in [0.3, 0.4) is 0 Å². The Morgan fingerprint density at radius 3 is 1.85 bits per heavy atom. The summed E-state index contributed by atoms with van der Waals surface area (Å²) in [6.07, 6.45) is 25.4. The summed E-state index contributed by atoms with van der Waals surface area (Å²) in [5.41, 5.74) is 2.87. The third kappa shape index (κ3) is 11.5. The van der Waals surface area contributed by atoms with E-state index >= 15 is 0 Å². The van der Waals surface area contributed by atoms with Crippen LogP contribution in [0.15, 0.2) is 96.0 Å². The van der Waals surface area contributed by atoms with Crippen molar-refractivity contribution in [3.63, 3.8) is 0 Å². The molecule has 0 radical (unpaired) electrons. The molecule has 0 bridgehead atoms. The molecule has 4 aromatic rings. The van der Waals surface area contributed by atoms with Crippen LogP contribution in [0.2, 0.25) is 0 Å². The number of hydrogen-bond acceptors (Lipinski definition) is 4. The second kappa shape index (κ2) is 20.0. The first kappa shape index (κ1) is 35.5. The maximum atomic E-state index is 13.4. The Bertz CT molecular complexity index is 1540. The topological polar surface area (TPSA) is 57.5 Å². The average molecular weight is 644 g/mol. The van der Waals surface area contributed by atoms with E-state index in [1.807, 2.05) is 30.3 Å². The molecule has 248 valence electrons. The van der Waals surface area contributed by atoms with Crippen LogP contribution in [0.4, 0.5) is 0 Å². The first-order valence-electron chi connectivity index (χ1n) is 17.4. The van der Waals surface area contributed by atoms with Gasteiger partial charge in [0.25, 0.3) is 10.0 Å². The van der Waals surface area contributed by atoms with Gasteiger partial charge in [0.1, 0.15) is 5.75 Å². The van der Waals surface area contributed by atoms with Gasteiger partial charge in [-0.1, -0.05) is 138 Å². The lowest BCUT2D eigenvalue weighted by atomic mass is 10.0. The highest BCUT2D eigenvalue weighted by atomic mass is 32.2. The molecule has 0 unspecified atom stereocenters. The quantitative estimate of drug-likeness (QED) is 0.0755. The fourth-order valence-corrected chi connectivity index (χ4v) is 7.31. The molecule has 0 amide bonds. The lowest BCUT2D eigenvalue weighted by Gasteiger charge is -2.08. The normalized spacial score (nSPS) is 11.9. The first-order chi connectivity index (χ1) is 22.6. The van der Waals surface area contributed by atoms with Crippen molar-refractivity contribution < 1.29 is 17.9 Å². The second-order valence-electron chi connectivity index (χ2n) is 12.3. The molecule has 5 nitrogen and oxygen atoms in total. The molecule has 6 heteroatoms. The van der Waals surface area contributed by atoms with Gasteiger partial charge in [-0.2, -0.15) is 0 Å². The molecule has 0 atom stereocenters. The Kier molecular flexibility index (Phi) is 15.4. The van der Waals surface area contributed by atoms with Gasteiger partial charge in [-0.15, -0.1) is 0 Å². The highest BCUT2D eigenvalue weighted by Gasteiger charge is 2.20. The predicted octanol–water partition coefficient (Wildman–Crippen LogP) is 11.0. The van der Waals surface area contributed by atoms with Gasteiger partial charge < -0.3 is 9.47 Å². The molecule has 0 saturated carbocycles. The van der Waals surface area contributed by atoms with Crippen molar-refractivity contribution >= 4 is 27.0 Å². The van der Waals surface area contributed by atoms with Crippen molar-refractivity contribution in [2.45, 2.75) is 108 Å². The third-order valence-corrected chi connectivity index (χ3v) is 10.3. The van der Waals surface area contributed by atoms with E-state index in [0.717, 1.165) is 30.6 Å². The Balaban J connectivity index is 1.01. The minimum atomic E-state index is -3.72. The van der Waals surface area contributed by atoms with Gasteiger partial charge in [0.15, 0.2) is 0 Å². The lowest BCUT2D eigenvalue weighted by Crippen LogP contribution is -2.11. The molecule has 1 heterocycles. The summed E-state index contributed by atoms with van der Waals surface area (Å²) >= 11 is 0. The number of benzene rings is 3. The van der Waals surface area contributed by atoms with Gasteiger partial charge in [0, 0.05) is 23.8 Å². The van der Waals surface area contributed by atoms with Crippen LogP contribution in [0.1, 0.15) is 107 Å². The van der Waals surface area contributed by atoms with Crippen LogP contribution in [-0.2, 0) is 21.4 Å². The summed E-state index contributed by atoms with van der Waals surface area (Å²) in [6, 6.07) is 24.6. The number of aromatic nitrogens is 1. The van der Waals surface area contributed by atoms with Gasteiger partial charge in [0.2, 0.25) is 0 Å². The molecule has 0 N–H and O–H groups in total. The zero-order valence-electron chi connectivity index (χ0n) is 27.7. The van der Waals surface area contributed by atoms with Gasteiger partial charge >= 0.3 is 0 Å². The zero-order chi connectivity index (χ0) is 32.3. The van der Waals surface area contributed by atoms with E-state index in [1.54, 1.807) is 37.6 Å². The van der Waals surface area contributed by atoms with Crippen molar-refractivity contribution in [1.82, 2.24) is 3.97 Å². The number of ether oxygens (including phenoxy) is 2. The molecule has 3 aromatic carbocycles. The van der Waals surface area contributed by atoms with E-state index in [0.29, 0.717) is 11.3 Å². The summed E-state index contributed by atoms with van der Waals surface area (Å²) in [7, 11) is -2.15. The van der Waals surface area contributed by atoms with Crippen molar-refractivity contribution in [3.8, 4) is 5.75 Å². The maximum Gasteiger partial charge on any atom is 0.268 e. The SMILES string of the molecule is COc1ccc(S(=O)(=O)n2cc(/C=C\CCCCCCCCCCCCCCCCOCc3ccccc3)c3ccccc32)cc1. The number of fused-ring (bicyclic) bond motifs is 1. The van der Waals surface area contributed by atoms with Crippen LogP contribution in [-0.4, -0.2) is 26.1 Å². The van der Waals surface area contributed by atoms with E-state index in [9.17, 15) is 8.42 Å². The van der Waals surface area contributed by atoms with Crippen LogP contribution in [0.5, 0.6) is 5.75 Å². The smallest absolute Gasteiger partial charge is 0.268 e. The Morgan fingerprint density at radius 1 is 0.652 bits per heavy atom. The highest BCUT2D eigenvalue weighted by molar-refractivity contribution is 7.90. The molecule has 0 aliphatic heterocycles. The minimum absolute atomic E-state index is 0.243. The fraction of sp³-hybridized carbons (Fsp3) is 0.450. The monoisotopic (exact) mass is 643 g/mol. The van der Waals surface area contributed by atoms with E-state index in [2.05, 4.69) is 36.4 Å².